The molecule has 10 heteroatoms. The Morgan fingerprint density at radius 3 is 2.06 bits per heavy atom. The zero-order valence-electron chi connectivity index (χ0n) is 15.9. The Kier molecular flexibility index (Phi) is 6.91. The van der Waals surface area contributed by atoms with E-state index < -0.39 is 21.7 Å². The summed E-state index contributed by atoms with van der Waals surface area (Å²) in [4.78, 5) is 24.9. The number of sulfone groups is 1. The van der Waals surface area contributed by atoms with Gasteiger partial charge in [-0.2, -0.15) is 0 Å². The molecule has 0 unspecified atom stereocenters. The third-order valence-electron chi connectivity index (χ3n) is 4.18. The zero-order chi connectivity index (χ0) is 22.8. The maximum atomic E-state index is 12.5. The molecule has 2 amide bonds. The molecule has 0 spiro atoms. The maximum absolute atomic E-state index is 12.5. The van der Waals surface area contributed by atoms with Gasteiger partial charge in [-0.15, -0.1) is 0 Å². The third-order valence-corrected chi connectivity index (χ3v) is 6.34. The van der Waals surface area contributed by atoms with E-state index in [1.807, 2.05) is 0 Å². The van der Waals surface area contributed by atoms with Crippen LogP contribution in [-0.2, 0) is 9.84 Å². The van der Waals surface area contributed by atoms with E-state index in [1.165, 1.54) is 54.6 Å². The van der Waals surface area contributed by atoms with E-state index >= 15 is 0 Å². The summed E-state index contributed by atoms with van der Waals surface area (Å²) in [5.74, 6) is -0.941. The number of amides is 2. The van der Waals surface area contributed by atoms with E-state index in [2.05, 4.69) is 10.6 Å². The summed E-state index contributed by atoms with van der Waals surface area (Å²) >= 11 is 18.0. The Labute approximate surface area is 194 Å². The monoisotopic (exact) mass is 496 g/mol. The quantitative estimate of drug-likeness (QED) is 0.483. The van der Waals surface area contributed by atoms with E-state index in [1.54, 1.807) is 6.07 Å². The fraction of sp³-hybridized carbons (Fsp3) is 0.0476. The van der Waals surface area contributed by atoms with Crippen molar-refractivity contribution in [2.75, 3.05) is 16.9 Å². The molecule has 3 aromatic rings. The SMILES string of the molecule is CS(=O)(=O)c1cccc(C(=O)Nc2ccc(NC(=O)c3ccc(Cl)c(Cl)c3)cc2Cl)c1. The molecular weight excluding hydrogens is 483 g/mol. The van der Waals surface area contributed by atoms with Crippen molar-refractivity contribution in [2.24, 2.45) is 0 Å². The van der Waals surface area contributed by atoms with Crippen molar-refractivity contribution in [3.63, 3.8) is 0 Å². The summed E-state index contributed by atoms with van der Waals surface area (Å²) in [7, 11) is -3.45. The fourth-order valence-corrected chi connectivity index (χ4v) is 3.79. The van der Waals surface area contributed by atoms with Gasteiger partial charge in [-0.05, 0) is 54.6 Å². The van der Waals surface area contributed by atoms with Gasteiger partial charge in [-0.25, -0.2) is 8.42 Å². The second kappa shape index (κ2) is 9.28. The van der Waals surface area contributed by atoms with Crippen molar-refractivity contribution in [3.05, 3.63) is 86.9 Å². The highest BCUT2D eigenvalue weighted by molar-refractivity contribution is 7.90. The molecular formula is C21H15Cl3N2O4S. The van der Waals surface area contributed by atoms with E-state index in [-0.39, 0.29) is 20.5 Å². The van der Waals surface area contributed by atoms with Gasteiger partial charge in [0.05, 0.1) is 25.7 Å². The summed E-state index contributed by atoms with van der Waals surface area (Å²) in [6, 6.07) is 14.7. The van der Waals surface area contributed by atoms with Gasteiger partial charge in [0.15, 0.2) is 9.84 Å². The highest BCUT2D eigenvalue weighted by Gasteiger charge is 2.14. The van der Waals surface area contributed by atoms with Crippen LogP contribution in [0.5, 0.6) is 0 Å². The summed E-state index contributed by atoms with van der Waals surface area (Å²) in [6.07, 6.45) is 1.06. The molecule has 0 aromatic heterocycles. The number of anilines is 2. The van der Waals surface area contributed by atoms with Crippen LogP contribution in [0.3, 0.4) is 0 Å². The van der Waals surface area contributed by atoms with E-state index in [0.29, 0.717) is 22.0 Å². The van der Waals surface area contributed by atoms with Crippen LogP contribution in [0.15, 0.2) is 65.6 Å². The van der Waals surface area contributed by atoms with Crippen LogP contribution in [-0.4, -0.2) is 26.5 Å². The molecule has 0 heterocycles. The highest BCUT2D eigenvalue weighted by Crippen LogP contribution is 2.27. The number of hydrogen-bond donors (Lipinski definition) is 2. The van der Waals surface area contributed by atoms with Gasteiger partial charge >= 0.3 is 0 Å². The first-order valence-electron chi connectivity index (χ1n) is 8.72. The molecule has 31 heavy (non-hydrogen) atoms. The molecule has 0 atom stereocenters. The minimum absolute atomic E-state index is 0.0339. The molecule has 0 aliphatic heterocycles. The molecule has 0 radical (unpaired) electrons. The number of benzene rings is 3. The Morgan fingerprint density at radius 2 is 1.42 bits per heavy atom. The molecule has 0 fully saturated rings. The topological polar surface area (TPSA) is 92.3 Å². The lowest BCUT2D eigenvalue weighted by Gasteiger charge is -2.11. The van der Waals surface area contributed by atoms with E-state index in [0.717, 1.165) is 6.26 Å². The van der Waals surface area contributed by atoms with Crippen LogP contribution in [0.2, 0.25) is 15.1 Å². The Bertz CT molecular complexity index is 1290. The van der Waals surface area contributed by atoms with Gasteiger partial charge in [-0.3, -0.25) is 9.59 Å². The lowest BCUT2D eigenvalue weighted by Crippen LogP contribution is -2.14. The molecule has 0 bridgehead atoms. The third kappa shape index (κ3) is 5.77. The van der Waals surface area contributed by atoms with Crippen molar-refractivity contribution in [1.82, 2.24) is 0 Å². The minimum Gasteiger partial charge on any atom is -0.322 e. The number of carbonyl (C=O) groups is 2. The maximum Gasteiger partial charge on any atom is 0.255 e. The number of rotatable bonds is 5. The van der Waals surface area contributed by atoms with Crippen molar-refractivity contribution < 1.29 is 18.0 Å². The average molecular weight is 498 g/mol. The predicted molar refractivity (Wildman–Crippen MR) is 123 cm³/mol. The molecule has 3 rings (SSSR count). The van der Waals surface area contributed by atoms with Crippen molar-refractivity contribution >= 4 is 67.8 Å². The summed E-state index contributed by atoms with van der Waals surface area (Å²) in [6.45, 7) is 0. The first-order chi connectivity index (χ1) is 14.5. The zero-order valence-corrected chi connectivity index (χ0v) is 19.0. The van der Waals surface area contributed by atoms with Crippen LogP contribution in [0.1, 0.15) is 20.7 Å². The molecule has 0 aliphatic carbocycles. The van der Waals surface area contributed by atoms with Crippen LogP contribution in [0.4, 0.5) is 11.4 Å². The standard InChI is InChI=1S/C21H15Cl3N2O4S/c1-31(29,30)15-4-2-3-12(9-15)21(28)26-19-8-6-14(11-18(19)24)25-20(27)13-5-7-16(22)17(23)10-13/h2-11H,1H3,(H,25,27)(H,26,28). The van der Waals surface area contributed by atoms with E-state index in [4.69, 9.17) is 34.8 Å². The smallest absolute Gasteiger partial charge is 0.255 e. The largest absolute Gasteiger partial charge is 0.322 e. The lowest BCUT2D eigenvalue weighted by molar-refractivity contribution is 0.101. The van der Waals surface area contributed by atoms with Gasteiger partial charge in [0.2, 0.25) is 0 Å². The van der Waals surface area contributed by atoms with E-state index in [9.17, 15) is 18.0 Å². The lowest BCUT2D eigenvalue weighted by atomic mass is 10.2. The Morgan fingerprint density at radius 1 is 0.742 bits per heavy atom. The second-order valence-electron chi connectivity index (χ2n) is 6.53. The number of nitrogens with one attached hydrogen (secondary N) is 2. The number of halogens is 3. The van der Waals surface area contributed by atoms with Gasteiger partial charge in [0.1, 0.15) is 0 Å². The summed E-state index contributed by atoms with van der Waals surface area (Å²) in [5, 5.41) is 6.07. The Hall–Kier alpha value is -2.58. The molecule has 0 aliphatic rings. The van der Waals surface area contributed by atoms with Gasteiger partial charge in [-0.1, -0.05) is 40.9 Å². The average Bonchev–Trinajstić information content (AvgIpc) is 2.71. The Balaban J connectivity index is 1.74. The molecule has 2 N–H and O–H groups in total. The normalized spacial score (nSPS) is 11.1. The molecule has 3 aromatic carbocycles. The van der Waals surface area contributed by atoms with Gasteiger partial charge in [0, 0.05) is 23.1 Å². The molecule has 0 saturated carbocycles. The fourth-order valence-electron chi connectivity index (χ4n) is 2.60. The first kappa shape index (κ1) is 23.1. The van der Waals surface area contributed by atoms with Gasteiger partial charge in [0.25, 0.3) is 11.8 Å². The minimum atomic E-state index is -3.45. The van der Waals surface area contributed by atoms with Crippen molar-refractivity contribution in [1.29, 1.82) is 0 Å². The predicted octanol–water partition coefficient (Wildman–Crippen LogP) is 5.55. The second-order valence-corrected chi connectivity index (χ2v) is 9.77. The van der Waals surface area contributed by atoms with Crippen LogP contribution < -0.4 is 10.6 Å². The highest BCUT2D eigenvalue weighted by atomic mass is 35.5. The van der Waals surface area contributed by atoms with Crippen molar-refractivity contribution in [3.8, 4) is 0 Å². The van der Waals surface area contributed by atoms with Crippen LogP contribution >= 0.6 is 34.8 Å². The first-order valence-corrected chi connectivity index (χ1v) is 11.7. The molecule has 160 valence electrons. The van der Waals surface area contributed by atoms with Crippen LogP contribution in [0.25, 0.3) is 0 Å². The molecule has 6 nitrogen and oxygen atoms in total. The summed E-state index contributed by atoms with van der Waals surface area (Å²) in [5.41, 5.74) is 1.17. The summed E-state index contributed by atoms with van der Waals surface area (Å²) < 4.78 is 23.4. The number of carbonyl (C=O) groups excluding carboxylic acids is 2. The number of hydrogen-bond acceptors (Lipinski definition) is 4. The van der Waals surface area contributed by atoms with Gasteiger partial charge < -0.3 is 10.6 Å². The van der Waals surface area contributed by atoms with Crippen molar-refractivity contribution in [2.45, 2.75) is 4.90 Å². The molecule has 0 saturated heterocycles. The van der Waals surface area contributed by atoms with Crippen LogP contribution in [0, 0.1) is 0 Å².